The summed E-state index contributed by atoms with van der Waals surface area (Å²) in [6.07, 6.45) is 1.62. The van der Waals surface area contributed by atoms with Crippen LogP contribution in [-0.2, 0) is 6.54 Å². The second-order valence-corrected chi connectivity index (χ2v) is 8.52. The molecule has 0 bridgehead atoms. The minimum Gasteiger partial charge on any atom is -0.353 e. The Morgan fingerprint density at radius 2 is 1.83 bits per heavy atom. The topological polar surface area (TPSA) is 61.4 Å². The minimum atomic E-state index is -0.0483. The lowest BCUT2D eigenvalue weighted by atomic mass is 10.1. The van der Waals surface area contributed by atoms with Gasteiger partial charge in [0.15, 0.2) is 0 Å². The normalized spacial score (nSPS) is 15.1. The van der Waals surface area contributed by atoms with Crippen molar-refractivity contribution in [2.45, 2.75) is 27.3 Å². The Balaban J connectivity index is 1.55. The van der Waals surface area contributed by atoms with Crippen LogP contribution in [0.4, 0.5) is 5.82 Å². The Hall–Kier alpha value is -2.51. The first-order valence-electron chi connectivity index (χ1n) is 10.1. The molecular weight excluding hydrogens is 382 g/mol. The van der Waals surface area contributed by atoms with Gasteiger partial charge in [0.05, 0.1) is 10.3 Å². The van der Waals surface area contributed by atoms with Crippen LogP contribution in [0.25, 0.3) is 10.2 Å². The summed E-state index contributed by atoms with van der Waals surface area (Å²) < 4.78 is 0. The molecule has 2 aromatic heterocycles. The Labute approximate surface area is 175 Å². The van der Waals surface area contributed by atoms with Crippen LogP contribution in [0.15, 0.2) is 30.6 Å². The van der Waals surface area contributed by atoms with E-state index >= 15 is 0 Å². The third-order valence-electron chi connectivity index (χ3n) is 5.61. The van der Waals surface area contributed by atoms with Crippen LogP contribution in [0.5, 0.6) is 0 Å². The molecule has 1 aromatic carbocycles. The summed E-state index contributed by atoms with van der Waals surface area (Å²) in [4.78, 5) is 28.3. The molecule has 1 aliphatic rings. The molecule has 3 aromatic rings. The van der Waals surface area contributed by atoms with Crippen molar-refractivity contribution in [1.82, 2.24) is 20.2 Å². The summed E-state index contributed by atoms with van der Waals surface area (Å²) in [6.45, 7) is 11.8. The number of anilines is 1. The van der Waals surface area contributed by atoms with Crippen LogP contribution in [-0.4, -0.2) is 53.5 Å². The number of hydrogen-bond acceptors (Lipinski definition) is 6. The van der Waals surface area contributed by atoms with Gasteiger partial charge in [-0.05, 0) is 31.5 Å². The van der Waals surface area contributed by atoms with Crippen LogP contribution in [0, 0.1) is 13.8 Å². The van der Waals surface area contributed by atoms with Gasteiger partial charge >= 0.3 is 0 Å². The maximum Gasteiger partial charge on any atom is 0.261 e. The average Bonchev–Trinajstić information content (AvgIpc) is 3.10. The summed E-state index contributed by atoms with van der Waals surface area (Å²) in [5.41, 5.74) is 3.28. The van der Waals surface area contributed by atoms with Crippen LogP contribution in [0.2, 0.25) is 0 Å². The lowest BCUT2D eigenvalue weighted by Gasteiger charge is -2.35. The number of fused-ring (bicyclic) bond motifs is 1. The fraction of sp³-hybridized carbons (Fsp3) is 0.409. The molecule has 0 spiro atoms. The number of nitrogens with one attached hydrogen (secondary N) is 1. The van der Waals surface area contributed by atoms with Gasteiger partial charge in [0, 0.05) is 32.7 Å². The number of aryl methyl sites for hydroxylation is 2. The lowest BCUT2D eigenvalue weighted by Crippen LogP contribution is -2.46. The highest BCUT2D eigenvalue weighted by atomic mass is 32.1. The minimum absolute atomic E-state index is 0.0483. The smallest absolute Gasteiger partial charge is 0.261 e. The quantitative estimate of drug-likeness (QED) is 0.700. The third kappa shape index (κ3) is 4.11. The van der Waals surface area contributed by atoms with E-state index in [2.05, 4.69) is 51.1 Å². The highest BCUT2D eigenvalue weighted by molar-refractivity contribution is 7.20. The van der Waals surface area contributed by atoms with Crippen molar-refractivity contribution in [3.05, 3.63) is 52.2 Å². The molecule has 1 fully saturated rings. The Morgan fingerprint density at radius 3 is 2.52 bits per heavy atom. The summed E-state index contributed by atoms with van der Waals surface area (Å²) in [7, 11) is 0. The van der Waals surface area contributed by atoms with Gasteiger partial charge in [-0.2, -0.15) is 0 Å². The fourth-order valence-corrected chi connectivity index (χ4v) is 4.81. The van der Waals surface area contributed by atoms with E-state index in [4.69, 9.17) is 0 Å². The van der Waals surface area contributed by atoms with E-state index in [1.54, 1.807) is 6.33 Å². The lowest BCUT2D eigenvalue weighted by molar-refractivity contribution is 0.0954. The molecule has 0 atom stereocenters. The highest BCUT2D eigenvalue weighted by Gasteiger charge is 2.24. The van der Waals surface area contributed by atoms with Crippen molar-refractivity contribution < 1.29 is 4.79 Å². The van der Waals surface area contributed by atoms with Crippen molar-refractivity contribution in [1.29, 1.82) is 0 Å². The van der Waals surface area contributed by atoms with Gasteiger partial charge in [-0.1, -0.05) is 36.8 Å². The first-order valence-corrected chi connectivity index (χ1v) is 10.9. The Kier molecular flexibility index (Phi) is 5.78. The van der Waals surface area contributed by atoms with Gasteiger partial charge in [0.2, 0.25) is 0 Å². The van der Waals surface area contributed by atoms with Crippen molar-refractivity contribution in [3.63, 3.8) is 0 Å². The van der Waals surface area contributed by atoms with Crippen molar-refractivity contribution in [2.75, 3.05) is 37.6 Å². The fourth-order valence-electron chi connectivity index (χ4n) is 3.75. The van der Waals surface area contributed by atoms with Gasteiger partial charge in [-0.3, -0.25) is 4.79 Å². The van der Waals surface area contributed by atoms with Gasteiger partial charge in [0.25, 0.3) is 5.91 Å². The van der Waals surface area contributed by atoms with Gasteiger partial charge in [-0.25, -0.2) is 9.97 Å². The zero-order valence-electron chi connectivity index (χ0n) is 17.2. The number of aromatic nitrogens is 2. The first-order chi connectivity index (χ1) is 14.1. The summed E-state index contributed by atoms with van der Waals surface area (Å²) >= 11 is 1.45. The van der Waals surface area contributed by atoms with Gasteiger partial charge in [0.1, 0.15) is 17.0 Å². The van der Waals surface area contributed by atoms with E-state index in [-0.39, 0.29) is 5.91 Å². The standard InChI is InChI=1S/C22H27N5OS/c1-4-26-9-11-27(12-10-26)20-18-16(3)19(29-22(18)25-14-24-20)21(28)23-13-17-7-5-15(2)6-8-17/h5-8,14H,4,9-13H2,1-3H3,(H,23,28). The number of nitrogens with zero attached hydrogens (tertiary/aromatic N) is 4. The van der Waals surface area contributed by atoms with Gasteiger partial charge < -0.3 is 15.1 Å². The van der Waals surface area contributed by atoms with Crippen LogP contribution in [0.1, 0.15) is 33.3 Å². The van der Waals surface area contributed by atoms with E-state index in [9.17, 15) is 4.79 Å². The van der Waals surface area contributed by atoms with E-state index in [0.717, 1.165) is 64.8 Å². The molecule has 1 N–H and O–H groups in total. The van der Waals surface area contributed by atoms with E-state index in [0.29, 0.717) is 6.54 Å². The van der Waals surface area contributed by atoms with Crippen molar-refractivity contribution in [3.8, 4) is 0 Å². The summed E-state index contributed by atoms with van der Waals surface area (Å²) in [5, 5.41) is 4.07. The van der Waals surface area contributed by atoms with Crippen LogP contribution < -0.4 is 10.2 Å². The molecule has 1 saturated heterocycles. The molecule has 6 nitrogen and oxygen atoms in total. The predicted octanol–water partition coefficient (Wildman–Crippen LogP) is 3.38. The van der Waals surface area contributed by atoms with Crippen LogP contribution >= 0.6 is 11.3 Å². The van der Waals surface area contributed by atoms with Gasteiger partial charge in [-0.15, -0.1) is 11.3 Å². The molecule has 0 saturated carbocycles. The Morgan fingerprint density at radius 1 is 1.10 bits per heavy atom. The molecule has 1 aliphatic heterocycles. The van der Waals surface area contributed by atoms with E-state index < -0.39 is 0 Å². The number of benzene rings is 1. The van der Waals surface area contributed by atoms with Crippen LogP contribution in [0.3, 0.4) is 0 Å². The number of piperazine rings is 1. The van der Waals surface area contributed by atoms with Crippen molar-refractivity contribution >= 4 is 33.3 Å². The van der Waals surface area contributed by atoms with Crippen molar-refractivity contribution in [2.24, 2.45) is 0 Å². The average molecular weight is 410 g/mol. The molecule has 3 heterocycles. The monoisotopic (exact) mass is 409 g/mol. The SMILES string of the molecule is CCN1CCN(c2ncnc3sc(C(=O)NCc4ccc(C)cc4)c(C)c23)CC1. The summed E-state index contributed by atoms with van der Waals surface area (Å²) in [6, 6.07) is 8.22. The number of amides is 1. The van der Waals surface area contributed by atoms with E-state index in [1.807, 2.05) is 19.1 Å². The number of hydrogen-bond donors (Lipinski definition) is 1. The Bertz CT molecular complexity index is 1010. The third-order valence-corrected chi connectivity index (χ3v) is 6.80. The second kappa shape index (κ2) is 8.47. The number of rotatable bonds is 5. The number of carbonyl (C=O) groups is 1. The molecule has 1 amide bonds. The zero-order valence-corrected chi connectivity index (χ0v) is 18.1. The molecule has 7 heteroatoms. The largest absolute Gasteiger partial charge is 0.353 e. The molecule has 0 aliphatic carbocycles. The molecule has 0 radical (unpaired) electrons. The molecule has 4 rings (SSSR count). The number of carbonyl (C=O) groups excluding carboxylic acids is 1. The molecule has 29 heavy (non-hydrogen) atoms. The summed E-state index contributed by atoms with van der Waals surface area (Å²) in [5.74, 6) is 0.907. The highest BCUT2D eigenvalue weighted by Crippen LogP contribution is 2.35. The molecular formula is C22H27N5OS. The molecule has 0 unspecified atom stereocenters. The zero-order chi connectivity index (χ0) is 20.4. The first kappa shape index (κ1) is 19.8. The predicted molar refractivity (Wildman–Crippen MR) is 119 cm³/mol. The number of thiophene rings is 1. The van der Waals surface area contributed by atoms with E-state index in [1.165, 1.54) is 16.9 Å². The maximum absolute atomic E-state index is 12.9. The number of likely N-dealkylation sites (N-methyl/N-ethyl adjacent to an activating group) is 1. The molecule has 152 valence electrons. The second-order valence-electron chi connectivity index (χ2n) is 7.52. The maximum atomic E-state index is 12.9.